The molecule has 10 nitrogen and oxygen atoms in total. The predicted molar refractivity (Wildman–Crippen MR) is 153 cm³/mol. The molecule has 2 saturated carbocycles. The molecule has 0 aromatic rings. The number of halogens is 2. The molecule has 1 saturated heterocycles. The lowest BCUT2D eigenvalue weighted by Gasteiger charge is -2.37. The zero-order chi connectivity index (χ0) is 29.8. The van der Waals surface area contributed by atoms with Gasteiger partial charge >= 0.3 is 6.03 Å². The third kappa shape index (κ3) is 7.69. The molecule has 0 aromatic heterocycles. The lowest BCUT2D eigenvalue weighted by atomic mass is 9.76. The number of carbonyl (C=O) groups is 5. The van der Waals surface area contributed by atoms with Crippen LogP contribution in [0.3, 0.4) is 0 Å². The van der Waals surface area contributed by atoms with Gasteiger partial charge in [-0.3, -0.25) is 19.2 Å². The van der Waals surface area contributed by atoms with Crippen molar-refractivity contribution in [3.8, 4) is 0 Å². The summed E-state index contributed by atoms with van der Waals surface area (Å²) in [5.74, 6) is -3.95. The monoisotopic (exact) mass is 599 g/mol. The van der Waals surface area contributed by atoms with Crippen molar-refractivity contribution in [2.24, 2.45) is 23.0 Å². The lowest BCUT2D eigenvalue weighted by molar-refractivity contribution is -0.143. The van der Waals surface area contributed by atoms with Gasteiger partial charge in [0.25, 0.3) is 5.91 Å². The van der Waals surface area contributed by atoms with Crippen molar-refractivity contribution >= 4 is 52.7 Å². The van der Waals surface area contributed by atoms with Crippen LogP contribution in [0.25, 0.3) is 0 Å². The number of Topliss-reactive ketones (excluding diaryl/α,β-unsaturated/α-hetero) is 1. The van der Waals surface area contributed by atoms with Crippen molar-refractivity contribution in [3.63, 3.8) is 0 Å². The Kier molecular flexibility index (Phi) is 10.9. The van der Waals surface area contributed by atoms with Crippen LogP contribution in [0.2, 0.25) is 0 Å². The van der Waals surface area contributed by atoms with Gasteiger partial charge in [-0.15, -0.1) is 23.2 Å². The molecule has 12 heteroatoms. The number of likely N-dealkylation sites (tertiary alicyclic amines) is 1. The Labute approximate surface area is 246 Å². The first-order valence-electron chi connectivity index (χ1n) is 14.2. The lowest BCUT2D eigenvalue weighted by Crippen LogP contribution is -2.61. The van der Waals surface area contributed by atoms with E-state index >= 15 is 0 Å². The van der Waals surface area contributed by atoms with Gasteiger partial charge in [0.2, 0.25) is 17.6 Å². The highest BCUT2D eigenvalue weighted by Gasteiger charge is 2.49. The van der Waals surface area contributed by atoms with E-state index in [-0.39, 0.29) is 18.5 Å². The molecule has 1 aliphatic heterocycles. The summed E-state index contributed by atoms with van der Waals surface area (Å²) >= 11 is 12.5. The van der Waals surface area contributed by atoms with Crippen molar-refractivity contribution in [1.82, 2.24) is 20.9 Å². The molecule has 1 unspecified atom stereocenters. The van der Waals surface area contributed by atoms with Crippen LogP contribution in [-0.4, -0.2) is 70.0 Å². The number of hydrogen-bond donors (Lipinski definition) is 4. The Balaban J connectivity index is 1.82. The fourth-order valence-electron chi connectivity index (χ4n) is 5.79. The Morgan fingerprint density at radius 2 is 1.55 bits per heavy atom. The molecule has 3 aliphatic rings. The van der Waals surface area contributed by atoms with Gasteiger partial charge in [-0.05, 0) is 49.0 Å². The van der Waals surface area contributed by atoms with E-state index in [4.69, 9.17) is 28.9 Å². The molecule has 40 heavy (non-hydrogen) atoms. The van der Waals surface area contributed by atoms with Gasteiger partial charge in [-0.2, -0.15) is 0 Å². The molecule has 4 atom stereocenters. The van der Waals surface area contributed by atoms with Crippen molar-refractivity contribution < 1.29 is 24.0 Å². The molecule has 224 valence electrons. The van der Waals surface area contributed by atoms with E-state index in [1.165, 1.54) is 4.90 Å². The fourth-order valence-corrected chi connectivity index (χ4v) is 6.32. The summed E-state index contributed by atoms with van der Waals surface area (Å²) in [5.41, 5.74) is 5.01. The van der Waals surface area contributed by atoms with Crippen LogP contribution in [0.15, 0.2) is 12.2 Å². The van der Waals surface area contributed by atoms with E-state index < -0.39 is 63.8 Å². The number of ketones is 1. The fraction of sp³-hybridized carbons (Fsp3) is 0.750. The predicted octanol–water partition coefficient (Wildman–Crippen LogP) is 2.95. The molecule has 0 spiro atoms. The van der Waals surface area contributed by atoms with Gasteiger partial charge < -0.3 is 26.6 Å². The number of primary amides is 1. The molecular weight excluding hydrogens is 557 g/mol. The second kappa shape index (κ2) is 13.6. The normalized spacial score (nSPS) is 23.6. The molecule has 3 fully saturated rings. The van der Waals surface area contributed by atoms with E-state index in [1.807, 2.05) is 20.8 Å². The molecule has 2 aliphatic carbocycles. The van der Waals surface area contributed by atoms with Gasteiger partial charge in [-0.1, -0.05) is 53.0 Å². The Morgan fingerprint density at radius 3 is 2.05 bits per heavy atom. The second-order valence-corrected chi connectivity index (χ2v) is 13.6. The minimum Gasteiger partial charge on any atom is -0.363 e. The second-order valence-electron chi connectivity index (χ2n) is 12.4. The third-order valence-electron chi connectivity index (χ3n) is 8.44. The van der Waals surface area contributed by atoms with Crippen LogP contribution in [-0.2, 0) is 19.2 Å². The minimum absolute atomic E-state index is 0.0170. The van der Waals surface area contributed by atoms with Gasteiger partial charge in [0.1, 0.15) is 23.0 Å². The Bertz CT molecular complexity index is 1000. The first-order valence-corrected chi connectivity index (χ1v) is 15.1. The molecule has 5 N–H and O–H groups in total. The topological polar surface area (TPSA) is 151 Å². The Morgan fingerprint density at radius 1 is 0.925 bits per heavy atom. The molecule has 3 rings (SSSR count). The van der Waals surface area contributed by atoms with Crippen LogP contribution in [0.5, 0.6) is 0 Å². The largest absolute Gasteiger partial charge is 0.363 e. The highest BCUT2D eigenvalue weighted by molar-refractivity contribution is 6.44. The molecule has 5 amide bonds. The number of hydrogen-bond acceptors (Lipinski definition) is 5. The SMILES string of the molecule is C=C(C1CCC1)C(NC(=O)[C@@H]1[C@@H](C(Cl)Cl)CCN1C(=O)[C@@H](NC(=O)NC1CCCCC1)C(C)(C)C)C(=O)C(N)=O. The molecule has 0 radical (unpaired) electrons. The third-order valence-corrected chi connectivity index (χ3v) is 9.09. The number of alkyl halides is 2. The molecule has 1 heterocycles. The number of nitrogens with one attached hydrogen (secondary N) is 3. The first-order chi connectivity index (χ1) is 18.7. The Hall–Kier alpha value is -2.33. The maximum Gasteiger partial charge on any atom is 0.315 e. The highest BCUT2D eigenvalue weighted by atomic mass is 35.5. The summed E-state index contributed by atoms with van der Waals surface area (Å²) in [7, 11) is 0. The van der Waals surface area contributed by atoms with Gasteiger partial charge in [0.15, 0.2) is 0 Å². The number of nitrogens with zero attached hydrogens (tertiary/aromatic N) is 1. The first kappa shape index (κ1) is 32.2. The van der Waals surface area contributed by atoms with E-state index in [9.17, 15) is 24.0 Å². The number of amides is 5. The molecular formula is C28H43Cl2N5O5. The number of nitrogens with two attached hydrogens (primary N) is 1. The summed E-state index contributed by atoms with van der Waals surface area (Å²) in [6.07, 6.45) is 7.89. The van der Waals surface area contributed by atoms with Crippen molar-refractivity contribution in [2.75, 3.05) is 6.54 Å². The van der Waals surface area contributed by atoms with Gasteiger partial charge in [0.05, 0.1) is 0 Å². The zero-order valence-electron chi connectivity index (χ0n) is 23.6. The standard InChI is InChI=1S/C28H43Cl2N5O5/c1-15(16-9-8-10-16)19(21(36)24(31)37)33-25(38)20-18(23(29)30)13-14-35(20)26(39)22(28(2,3)4)34-27(40)32-17-11-6-5-7-12-17/h16-20,22-23H,1,5-14H2,2-4H3,(H2,31,37)(H,33,38)(H2,32,34,40)/t18-,19?,20-,22+/m0/s1. The summed E-state index contributed by atoms with van der Waals surface area (Å²) in [5, 5.41) is 8.45. The molecule has 0 aromatic carbocycles. The van der Waals surface area contributed by atoms with Crippen molar-refractivity contribution in [3.05, 3.63) is 12.2 Å². The maximum atomic E-state index is 14.0. The van der Waals surface area contributed by atoms with E-state index in [1.54, 1.807) is 0 Å². The maximum absolute atomic E-state index is 14.0. The summed E-state index contributed by atoms with van der Waals surface area (Å²) < 4.78 is 0. The molecule has 0 bridgehead atoms. The van der Waals surface area contributed by atoms with Gasteiger partial charge in [-0.25, -0.2) is 4.79 Å². The highest BCUT2D eigenvalue weighted by Crippen LogP contribution is 2.36. The van der Waals surface area contributed by atoms with E-state index in [0.29, 0.717) is 12.0 Å². The van der Waals surface area contributed by atoms with Crippen LogP contribution < -0.4 is 21.7 Å². The van der Waals surface area contributed by atoms with Crippen LogP contribution in [0.1, 0.15) is 78.6 Å². The minimum atomic E-state index is -1.31. The zero-order valence-corrected chi connectivity index (χ0v) is 25.2. The van der Waals surface area contributed by atoms with Crippen LogP contribution in [0, 0.1) is 17.3 Å². The number of urea groups is 1. The number of rotatable bonds is 10. The van der Waals surface area contributed by atoms with Crippen molar-refractivity contribution in [2.45, 2.75) is 108 Å². The quantitative estimate of drug-likeness (QED) is 0.173. The van der Waals surface area contributed by atoms with E-state index in [0.717, 1.165) is 51.4 Å². The van der Waals surface area contributed by atoms with Crippen molar-refractivity contribution in [1.29, 1.82) is 0 Å². The smallest absolute Gasteiger partial charge is 0.315 e. The summed E-state index contributed by atoms with van der Waals surface area (Å²) in [4.78, 5) is 65.5. The van der Waals surface area contributed by atoms with Crippen LogP contribution in [0.4, 0.5) is 4.79 Å². The average molecular weight is 601 g/mol. The number of carbonyl (C=O) groups excluding carboxylic acids is 5. The van der Waals surface area contributed by atoms with E-state index in [2.05, 4.69) is 22.5 Å². The summed E-state index contributed by atoms with van der Waals surface area (Å²) in [6.45, 7) is 9.64. The van der Waals surface area contributed by atoms with Gasteiger partial charge in [0, 0.05) is 18.5 Å². The van der Waals surface area contributed by atoms with Crippen LogP contribution >= 0.6 is 23.2 Å². The summed E-state index contributed by atoms with van der Waals surface area (Å²) in [6, 6.07) is -3.78. The average Bonchev–Trinajstić information content (AvgIpc) is 3.29.